The fraction of sp³-hybridized carbons (Fsp3) is 0. The monoisotopic (exact) mass is 262 g/mol. The maximum absolute atomic E-state index is 13.6. The highest BCUT2D eigenvalue weighted by Gasteiger charge is 2.07. The molecule has 0 aliphatic carbocycles. The molecule has 0 radical (unpaired) electrons. The Morgan fingerprint density at radius 2 is 2.17 bits per heavy atom. The minimum absolute atomic E-state index is 0.188. The molecule has 0 aliphatic rings. The van der Waals surface area contributed by atoms with E-state index >= 15 is 0 Å². The standard InChI is InChI=1S/C12H8ClFN4/c13-9-4-8(16)6-17-12(9)18-11-2-1-7(5-15)3-10(11)14/h1-4,6H,16H2,(H,17,18). The highest BCUT2D eigenvalue weighted by molar-refractivity contribution is 6.33. The van der Waals surface area contributed by atoms with Crippen molar-refractivity contribution in [3.63, 3.8) is 0 Å². The minimum atomic E-state index is -0.552. The Hall–Kier alpha value is -2.32. The van der Waals surface area contributed by atoms with Crippen LogP contribution >= 0.6 is 11.6 Å². The van der Waals surface area contributed by atoms with Crippen molar-refractivity contribution in [2.24, 2.45) is 0 Å². The first-order valence-corrected chi connectivity index (χ1v) is 5.35. The quantitative estimate of drug-likeness (QED) is 0.872. The molecule has 2 aromatic rings. The summed E-state index contributed by atoms with van der Waals surface area (Å²) in [5.74, 6) is -0.252. The van der Waals surface area contributed by atoms with E-state index in [1.165, 1.54) is 24.4 Å². The Morgan fingerprint density at radius 1 is 1.39 bits per heavy atom. The zero-order valence-electron chi connectivity index (χ0n) is 9.11. The fourth-order valence-corrected chi connectivity index (χ4v) is 1.58. The molecule has 0 saturated carbocycles. The summed E-state index contributed by atoms with van der Waals surface area (Å²) in [5.41, 5.74) is 6.36. The number of nitrogens with zero attached hydrogens (tertiary/aromatic N) is 2. The lowest BCUT2D eigenvalue weighted by Crippen LogP contribution is -1.98. The molecule has 2 rings (SSSR count). The van der Waals surface area contributed by atoms with Crippen molar-refractivity contribution in [3.05, 3.63) is 46.9 Å². The molecule has 1 aromatic heterocycles. The minimum Gasteiger partial charge on any atom is -0.397 e. The van der Waals surface area contributed by atoms with Gasteiger partial charge in [0, 0.05) is 0 Å². The van der Waals surface area contributed by atoms with Gasteiger partial charge in [-0.15, -0.1) is 0 Å². The van der Waals surface area contributed by atoms with Crippen LogP contribution < -0.4 is 11.1 Å². The maximum atomic E-state index is 13.6. The number of rotatable bonds is 2. The molecule has 1 aromatic carbocycles. The Kier molecular flexibility index (Phi) is 3.31. The number of pyridine rings is 1. The van der Waals surface area contributed by atoms with Crippen molar-refractivity contribution in [2.45, 2.75) is 0 Å². The van der Waals surface area contributed by atoms with Gasteiger partial charge in [0.1, 0.15) is 11.6 Å². The molecule has 4 nitrogen and oxygen atoms in total. The number of benzene rings is 1. The third kappa shape index (κ3) is 2.50. The van der Waals surface area contributed by atoms with Crippen LogP contribution in [0.4, 0.5) is 21.6 Å². The lowest BCUT2D eigenvalue weighted by atomic mass is 10.2. The number of nitrogens with two attached hydrogens (primary N) is 1. The van der Waals surface area contributed by atoms with Crippen molar-refractivity contribution in [2.75, 3.05) is 11.1 Å². The number of nitrogens with one attached hydrogen (secondary N) is 1. The summed E-state index contributed by atoms with van der Waals surface area (Å²) >= 11 is 5.91. The molecule has 0 saturated heterocycles. The van der Waals surface area contributed by atoms with E-state index in [0.717, 1.165) is 6.07 Å². The highest BCUT2D eigenvalue weighted by Crippen LogP contribution is 2.26. The molecule has 18 heavy (non-hydrogen) atoms. The SMILES string of the molecule is N#Cc1ccc(Nc2ncc(N)cc2Cl)c(F)c1. The third-order valence-corrected chi connectivity index (χ3v) is 2.50. The Balaban J connectivity index is 2.32. The van der Waals surface area contributed by atoms with E-state index in [1.54, 1.807) is 0 Å². The fourth-order valence-electron chi connectivity index (χ4n) is 1.36. The van der Waals surface area contributed by atoms with Gasteiger partial charge in [-0.1, -0.05) is 11.6 Å². The average molecular weight is 263 g/mol. The molecule has 0 amide bonds. The molecule has 0 spiro atoms. The zero-order valence-corrected chi connectivity index (χ0v) is 9.87. The second-order valence-corrected chi connectivity index (χ2v) is 3.94. The molecule has 90 valence electrons. The van der Waals surface area contributed by atoms with Gasteiger partial charge in [0.25, 0.3) is 0 Å². The van der Waals surface area contributed by atoms with E-state index < -0.39 is 5.82 Å². The first-order valence-electron chi connectivity index (χ1n) is 4.98. The average Bonchev–Trinajstić information content (AvgIpc) is 2.34. The van der Waals surface area contributed by atoms with Crippen molar-refractivity contribution in [1.29, 1.82) is 5.26 Å². The normalized spacial score (nSPS) is 9.83. The Labute approximate surface area is 108 Å². The van der Waals surface area contributed by atoms with Gasteiger partial charge in [-0.05, 0) is 24.3 Å². The highest BCUT2D eigenvalue weighted by atomic mass is 35.5. The van der Waals surface area contributed by atoms with Crippen LogP contribution in [0.15, 0.2) is 30.5 Å². The number of anilines is 3. The number of halogens is 2. The van der Waals surface area contributed by atoms with E-state index in [9.17, 15) is 4.39 Å². The Bertz CT molecular complexity index is 636. The van der Waals surface area contributed by atoms with Crippen LogP contribution in [0.2, 0.25) is 5.02 Å². The second kappa shape index (κ2) is 4.90. The van der Waals surface area contributed by atoms with Crippen molar-refractivity contribution < 1.29 is 4.39 Å². The van der Waals surface area contributed by atoms with E-state index in [1.807, 2.05) is 6.07 Å². The van der Waals surface area contributed by atoms with E-state index in [0.29, 0.717) is 16.5 Å². The summed E-state index contributed by atoms with van der Waals surface area (Å²) in [6, 6.07) is 7.44. The molecule has 6 heteroatoms. The maximum Gasteiger partial charge on any atom is 0.149 e. The first kappa shape index (κ1) is 12.1. The van der Waals surface area contributed by atoms with Gasteiger partial charge < -0.3 is 11.1 Å². The van der Waals surface area contributed by atoms with Crippen LogP contribution in [0, 0.1) is 17.1 Å². The number of hydrogen-bond acceptors (Lipinski definition) is 4. The van der Waals surface area contributed by atoms with E-state index in [2.05, 4.69) is 10.3 Å². The predicted octanol–water partition coefficient (Wildman–Crippen LogP) is 3.07. The summed E-state index contributed by atoms with van der Waals surface area (Å²) in [7, 11) is 0. The zero-order chi connectivity index (χ0) is 13.1. The number of nitriles is 1. The summed E-state index contributed by atoms with van der Waals surface area (Å²) in [5, 5.41) is 11.7. The van der Waals surface area contributed by atoms with Gasteiger partial charge in [0.2, 0.25) is 0 Å². The van der Waals surface area contributed by atoms with Gasteiger partial charge in [-0.2, -0.15) is 5.26 Å². The topological polar surface area (TPSA) is 74.7 Å². The van der Waals surface area contributed by atoms with Gasteiger partial charge in [-0.3, -0.25) is 0 Å². The van der Waals surface area contributed by atoms with Crippen LogP contribution in [0.1, 0.15) is 5.56 Å². The van der Waals surface area contributed by atoms with E-state index in [-0.39, 0.29) is 11.3 Å². The number of nitrogen functional groups attached to an aromatic ring is 1. The van der Waals surface area contributed by atoms with E-state index in [4.69, 9.17) is 22.6 Å². The first-order chi connectivity index (χ1) is 8.60. The molecule has 0 unspecified atom stereocenters. The lowest BCUT2D eigenvalue weighted by Gasteiger charge is -2.08. The number of aromatic nitrogens is 1. The van der Waals surface area contributed by atoms with Crippen LogP contribution in [0.25, 0.3) is 0 Å². The molecular formula is C12H8ClFN4. The second-order valence-electron chi connectivity index (χ2n) is 3.53. The van der Waals surface area contributed by atoms with Gasteiger partial charge in [0.05, 0.1) is 34.2 Å². The lowest BCUT2D eigenvalue weighted by molar-refractivity contribution is 0.631. The summed E-state index contributed by atoms with van der Waals surface area (Å²) in [6.07, 6.45) is 1.41. The molecule has 0 bridgehead atoms. The van der Waals surface area contributed by atoms with Gasteiger partial charge in [0.15, 0.2) is 0 Å². The molecule has 0 fully saturated rings. The molecule has 0 atom stereocenters. The predicted molar refractivity (Wildman–Crippen MR) is 68.1 cm³/mol. The van der Waals surface area contributed by atoms with Crippen LogP contribution in [-0.2, 0) is 0 Å². The summed E-state index contributed by atoms with van der Waals surface area (Å²) in [4.78, 5) is 3.96. The number of hydrogen-bond donors (Lipinski definition) is 2. The van der Waals surface area contributed by atoms with Crippen molar-refractivity contribution in [1.82, 2.24) is 4.98 Å². The van der Waals surface area contributed by atoms with Gasteiger partial charge in [-0.25, -0.2) is 9.37 Å². The summed E-state index contributed by atoms with van der Waals surface area (Å²) in [6.45, 7) is 0. The largest absolute Gasteiger partial charge is 0.397 e. The van der Waals surface area contributed by atoms with Crippen LogP contribution in [0.5, 0.6) is 0 Å². The summed E-state index contributed by atoms with van der Waals surface area (Å²) < 4.78 is 13.6. The van der Waals surface area contributed by atoms with Crippen LogP contribution in [0.3, 0.4) is 0 Å². The smallest absolute Gasteiger partial charge is 0.149 e. The van der Waals surface area contributed by atoms with Crippen LogP contribution in [-0.4, -0.2) is 4.98 Å². The van der Waals surface area contributed by atoms with Gasteiger partial charge >= 0.3 is 0 Å². The molecular weight excluding hydrogens is 255 g/mol. The Morgan fingerprint density at radius 3 is 2.78 bits per heavy atom. The molecule has 1 heterocycles. The third-order valence-electron chi connectivity index (χ3n) is 2.21. The van der Waals surface area contributed by atoms with Crippen molar-refractivity contribution in [3.8, 4) is 6.07 Å². The molecule has 0 aliphatic heterocycles. The molecule has 3 N–H and O–H groups in total. The van der Waals surface area contributed by atoms with Crippen molar-refractivity contribution >= 4 is 28.8 Å².